The molecule has 2 aromatic rings. The quantitative estimate of drug-likeness (QED) is 0.266. The Morgan fingerprint density at radius 1 is 1.15 bits per heavy atom. The molecule has 1 unspecified atom stereocenters. The van der Waals surface area contributed by atoms with Crippen molar-refractivity contribution in [1.29, 1.82) is 0 Å². The molecule has 1 aliphatic heterocycles. The van der Waals surface area contributed by atoms with Crippen LogP contribution in [-0.4, -0.2) is 67.0 Å². The average molecular weight is 451 g/mol. The minimum atomic E-state index is -0.538. The molecular weight excluding hydrogens is 416 g/mol. The maximum Gasteiger partial charge on any atom is 0.267 e. The number of hydroxylamine groups is 1. The van der Waals surface area contributed by atoms with Crippen molar-refractivity contribution < 1.29 is 15.1 Å². The van der Waals surface area contributed by atoms with E-state index in [0.29, 0.717) is 12.6 Å². The first kappa shape index (κ1) is 23.4. The predicted octanol–water partition coefficient (Wildman–Crippen LogP) is 2.14. The Bertz CT molecular complexity index is 955. The molecule has 7 nitrogen and oxygen atoms in total. The molecule has 33 heavy (non-hydrogen) atoms. The Kier molecular flexibility index (Phi) is 8.12. The summed E-state index contributed by atoms with van der Waals surface area (Å²) < 4.78 is 0. The molecule has 1 saturated heterocycles. The number of hydrogen-bond donors (Lipinski definition) is 4. The third-order valence-electron chi connectivity index (χ3n) is 6.68. The van der Waals surface area contributed by atoms with Gasteiger partial charge in [0.1, 0.15) is 0 Å². The van der Waals surface area contributed by atoms with Crippen LogP contribution in [-0.2, 0) is 17.6 Å². The van der Waals surface area contributed by atoms with Crippen molar-refractivity contribution in [1.82, 2.24) is 15.7 Å². The van der Waals surface area contributed by atoms with E-state index in [4.69, 9.17) is 5.21 Å². The molecule has 0 radical (unpaired) electrons. The van der Waals surface area contributed by atoms with Gasteiger partial charge in [0.2, 0.25) is 0 Å². The van der Waals surface area contributed by atoms with Crippen LogP contribution in [0, 0.1) is 0 Å². The summed E-state index contributed by atoms with van der Waals surface area (Å²) in [4.78, 5) is 16.1. The highest BCUT2D eigenvalue weighted by atomic mass is 16.5. The molecule has 1 aliphatic carbocycles. The van der Waals surface area contributed by atoms with Crippen molar-refractivity contribution in [3.63, 3.8) is 0 Å². The number of amides is 1. The van der Waals surface area contributed by atoms with Gasteiger partial charge in [-0.25, -0.2) is 5.48 Å². The number of benzene rings is 2. The molecule has 1 amide bonds. The van der Waals surface area contributed by atoms with E-state index in [1.165, 1.54) is 28.5 Å². The van der Waals surface area contributed by atoms with Gasteiger partial charge in [-0.05, 0) is 59.7 Å². The van der Waals surface area contributed by atoms with Gasteiger partial charge >= 0.3 is 0 Å². The standard InChI is InChI=1S/C26H34N4O3/c31-18-17-30(14-11-20-1-6-23(7-2-20)29-15-12-27-13-16-29)25-9-5-22-19-21(3-8-24(22)25)4-10-26(32)28-33/h1-4,6-8,10,19,25,27,31,33H,5,9,11-18H2,(H,28,32). The molecule has 0 aromatic heterocycles. The highest BCUT2D eigenvalue weighted by Crippen LogP contribution is 2.36. The minimum absolute atomic E-state index is 0.144. The number of aliphatic hydroxyl groups excluding tert-OH is 1. The van der Waals surface area contributed by atoms with E-state index in [0.717, 1.165) is 57.5 Å². The molecule has 176 valence electrons. The van der Waals surface area contributed by atoms with E-state index < -0.39 is 5.91 Å². The summed E-state index contributed by atoms with van der Waals surface area (Å²) in [6, 6.07) is 15.5. The maximum atomic E-state index is 11.2. The summed E-state index contributed by atoms with van der Waals surface area (Å²) in [5, 5.41) is 21.7. The lowest BCUT2D eigenvalue weighted by molar-refractivity contribution is -0.124. The van der Waals surface area contributed by atoms with E-state index in [2.05, 4.69) is 51.5 Å². The van der Waals surface area contributed by atoms with Gasteiger partial charge in [-0.15, -0.1) is 0 Å². The van der Waals surface area contributed by atoms with Gasteiger partial charge in [0.15, 0.2) is 0 Å². The highest BCUT2D eigenvalue weighted by molar-refractivity contribution is 5.90. The number of aliphatic hydroxyl groups is 1. The SMILES string of the molecule is O=C(C=Cc1ccc2c(c1)CCC2N(CCO)CCc1ccc(N2CCNCC2)cc1)NO. The fraction of sp³-hybridized carbons (Fsp3) is 0.423. The summed E-state index contributed by atoms with van der Waals surface area (Å²) >= 11 is 0. The van der Waals surface area contributed by atoms with Crippen LogP contribution in [0.15, 0.2) is 48.5 Å². The summed E-state index contributed by atoms with van der Waals surface area (Å²) in [5.41, 5.74) is 7.75. The molecule has 1 fully saturated rings. The van der Waals surface area contributed by atoms with Crippen molar-refractivity contribution in [2.75, 3.05) is 50.8 Å². The molecule has 4 N–H and O–H groups in total. The van der Waals surface area contributed by atoms with Crippen LogP contribution in [0.25, 0.3) is 6.08 Å². The monoisotopic (exact) mass is 450 g/mol. The van der Waals surface area contributed by atoms with Gasteiger partial charge in [-0.1, -0.05) is 30.3 Å². The number of nitrogens with one attached hydrogen (secondary N) is 2. The number of hydrogen-bond acceptors (Lipinski definition) is 6. The molecule has 4 rings (SSSR count). The molecule has 0 saturated carbocycles. The number of anilines is 1. The predicted molar refractivity (Wildman–Crippen MR) is 130 cm³/mol. The highest BCUT2D eigenvalue weighted by Gasteiger charge is 2.27. The lowest BCUT2D eigenvalue weighted by Crippen LogP contribution is -2.43. The molecular formula is C26H34N4O3. The second-order valence-electron chi connectivity index (χ2n) is 8.74. The van der Waals surface area contributed by atoms with E-state index in [-0.39, 0.29) is 6.61 Å². The van der Waals surface area contributed by atoms with Gasteiger partial charge in [0.05, 0.1) is 6.61 Å². The Morgan fingerprint density at radius 3 is 2.67 bits per heavy atom. The van der Waals surface area contributed by atoms with Crippen molar-refractivity contribution >= 4 is 17.7 Å². The van der Waals surface area contributed by atoms with Gasteiger partial charge in [-0.3, -0.25) is 14.9 Å². The molecule has 7 heteroatoms. The van der Waals surface area contributed by atoms with E-state index >= 15 is 0 Å². The number of piperazine rings is 1. The van der Waals surface area contributed by atoms with Crippen molar-refractivity contribution in [3.05, 3.63) is 70.8 Å². The van der Waals surface area contributed by atoms with Crippen molar-refractivity contribution in [2.45, 2.75) is 25.3 Å². The summed E-state index contributed by atoms with van der Waals surface area (Å²) in [7, 11) is 0. The average Bonchev–Trinajstić information content (AvgIpc) is 3.29. The molecule has 1 heterocycles. The van der Waals surface area contributed by atoms with Crippen LogP contribution in [0.3, 0.4) is 0 Å². The number of fused-ring (bicyclic) bond motifs is 1. The lowest BCUT2D eigenvalue weighted by atomic mass is 10.0. The zero-order chi connectivity index (χ0) is 23.0. The molecule has 1 atom stereocenters. The van der Waals surface area contributed by atoms with E-state index in [9.17, 15) is 9.90 Å². The maximum absolute atomic E-state index is 11.2. The third-order valence-corrected chi connectivity index (χ3v) is 6.68. The van der Waals surface area contributed by atoms with Crippen LogP contribution < -0.4 is 15.7 Å². The largest absolute Gasteiger partial charge is 0.395 e. The number of nitrogens with zero attached hydrogens (tertiary/aromatic N) is 2. The summed E-state index contributed by atoms with van der Waals surface area (Å²) in [5.74, 6) is -0.538. The first-order chi connectivity index (χ1) is 16.2. The Labute approximate surface area is 195 Å². The van der Waals surface area contributed by atoms with E-state index in [1.54, 1.807) is 11.6 Å². The first-order valence-corrected chi connectivity index (χ1v) is 11.8. The van der Waals surface area contributed by atoms with Crippen LogP contribution in [0.2, 0.25) is 0 Å². The van der Waals surface area contributed by atoms with Gasteiger partial charge < -0.3 is 15.3 Å². The molecule has 0 bridgehead atoms. The van der Waals surface area contributed by atoms with Gasteiger partial charge in [0.25, 0.3) is 5.91 Å². The number of carbonyl (C=O) groups excluding carboxylic acids is 1. The van der Waals surface area contributed by atoms with E-state index in [1.807, 2.05) is 6.07 Å². The number of rotatable bonds is 9. The normalized spacial score (nSPS) is 18.2. The second-order valence-corrected chi connectivity index (χ2v) is 8.74. The molecule has 2 aliphatic rings. The van der Waals surface area contributed by atoms with Gasteiger partial charge in [-0.2, -0.15) is 0 Å². The van der Waals surface area contributed by atoms with Crippen LogP contribution in [0.4, 0.5) is 5.69 Å². The van der Waals surface area contributed by atoms with Crippen molar-refractivity contribution in [3.8, 4) is 0 Å². The zero-order valence-electron chi connectivity index (χ0n) is 19.0. The Balaban J connectivity index is 1.39. The molecule has 2 aromatic carbocycles. The van der Waals surface area contributed by atoms with Crippen LogP contribution >= 0.6 is 0 Å². The first-order valence-electron chi connectivity index (χ1n) is 11.8. The Hall–Kier alpha value is -2.71. The van der Waals surface area contributed by atoms with Crippen LogP contribution in [0.1, 0.15) is 34.7 Å². The van der Waals surface area contributed by atoms with Gasteiger partial charge in [0, 0.05) is 57.1 Å². The lowest BCUT2D eigenvalue weighted by Gasteiger charge is -2.30. The number of carbonyl (C=O) groups is 1. The fourth-order valence-electron chi connectivity index (χ4n) is 4.93. The smallest absolute Gasteiger partial charge is 0.267 e. The van der Waals surface area contributed by atoms with Crippen molar-refractivity contribution in [2.24, 2.45) is 0 Å². The third kappa shape index (κ3) is 6.00. The minimum Gasteiger partial charge on any atom is -0.395 e. The fourth-order valence-corrected chi connectivity index (χ4v) is 4.93. The summed E-state index contributed by atoms with van der Waals surface area (Å²) in [6.45, 7) is 5.88. The second kappa shape index (κ2) is 11.4. The molecule has 0 spiro atoms. The topological polar surface area (TPSA) is 88.1 Å². The Morgan fingerprint density at radius 2 is 1.94 bits per heavy atom. The summed E-state index contributed by atoms with van der Waals surface area (Å²) in [6.07, 6.45) is 5.98. The van der Waals surface area contributed by atoms with Crippen LogP contribution in [0.5, 0.6) is 0 Å². The zero-order valence-corrected chi connectivity index (χ0v) is 19.0. The number of aryl methyl sites for hydroxylation is 1.